The molecule has 8 heteroatoms. The average molecular weight is 293 g/mol. The molecular formula is C12H11N3O4S. The normalized spacial score (nSPS) is 10.1. The van der Waals surface area contributed by atoms with Crippen LogP contribution in [0.15, 0.2) is 35.7 Å². The summed E-state index contributed by atoms with van der Waals surface area (Å²) in [6, 6.07) is 7.78. The Morgan fingerprint density at radius 2 is 2.15 bits per heavy atom. The first-order valence-electron chi connectivity index (χ1n) is 5.57. The van der Waals surface area contributed by atoms with Gasteiger partial charge in [-0.3, -0.25) is 20.3 Å². The number of nitrogens with one attached hydrogen (secondary N) is 1. The second kappa shape index (κ2) is 6.13. The molecule has 2 rings (SSSR count). The number of hydrogen-bond acceptors (Lipinski definition) is 6. The molecule has 3 N–H and O–H groups in total. The fourth-order valence-corrected chi connectivity index (χ4v) is 2.41. The number of carbonyl (C=O) groups excluding carboxylic acids is 1. The van der Waals surface area contributed by atoms with E-state index in [4.69, 9.17) is 10.6 Å². The van der Waals surface area contributed by atoms with Crippen molar-refractivity contribution >= 4 is 22.9 Å². The largest absolute Gasteiger partial charge is 0.482 e. The Hall–Kier alpha value is -2.45. The van der Waals surface area contributed by atoms with Crippen LogP contribution in [0.25, 0.3) is 0 Å². The summed E-state index contributed by atoms with van der Waals surface area (Å²) < 4.78 is 5.42. The Balaban J connectivity index is 2.16. The number of carbonyl (C=O) groups is 1. The van der Waals surface area contributed by atoms with Gasteiger partial charge in [-0.25, -0.2) is 5.84 Å². The highest BCUT2D eigenvalue weighted by Crippen LogP contribution is 2.27. The van der Waals surface area contributed by atoms with E-state index in [0.717, 1.165) is 0 Å². The Labute approximate surface area is 118 Å². The molecule has 0 aliphatic heterocycles. The third-order valence-corrected chi connectivity index (χ3v) is 3.48. The smallest absolute Gasteiger partial charge is 0.310 e. The zero-order valence-corrected chi connectivity index (χ0v) is 11.1. The van der Waals surface area contributed by atoms with Crippen molar-refractivity contribution in [1.29, 1.82) is 0 Å². The summed E-state index contributed by atoms with van der Waals surface area (Å²) in [6.45, 7) is 0.0527. The molecule has 104 valence electrons. The first-order chi connectivity index (χ1) is 9.63. The van der Waals surface area contributed by atoms with Crippen molar-refractivity contribution in [3.8, 4) is 5.75 Å². The lowest BCUT2D eigenvalue weighted by Crippen LogP contribution is -2.30. The van der Waals surface area contributed by atoms with Crippen LogP contribution in [-0.4, -0.2) is 10.8 Å². The molecule has 0 fully saturated rings. The zero-order chi connectivity index (χ0) is 14.5. The maximum Gasteiger partial charge on any atom is 0.310 e. The number of nitro groups is 1. The standard InChI is InChI=1S/C12H11N3O4S/c13-14-12(16)11-8(5-6-20-11)7-19-10-4-2-1-3-9(10)15(17)18/h1-6H,7,13H2,(H,14,16). The SMILES string of the molecule is NNC(=O)c1sccc1COc1ccccc1[N+](=O)[O-]. The number of hydrogen-bond donors (Lipinski definition) is 2. The predicted octanol–water partition coefficient (Wildman–Crippen LogP) is 1.84. The minimum absolute atomic E-state index is 0.0527. The van der Waals surface area contributed by atoms with E-state index < -0.39 is 10.8 Å². The molecule has 0 atom stereocenters. The number of nitro benzene ring substituents is 1. The lowest BCUT2D eigenvalue weighted by molar-refractivity contribution is -0.385. The number of ether oxygens (including phenoxy) is 1. The number of nitrogens with zero attached hydrogens (tertiary/aromatic N) is 1. The van der Waals surface area contributed by atoms with Crippen LogP contribution in [-0.2, 0) is 6.61 Å². The Bertz CT molecular complexity index is 641. The van der Waals surface area contributed by atoms with Gasteiger partial charge in [-0.1, -0.05) is 12.1 Å². The number of amides is 1. The number of para-hydroxylation sites is 2. The molecule has 0 saturated carbocycles. The van der Waals surface area contributed by atoms with E-state index in [1.165, 1.54) is 23.5 Å². The van der Waals surface area contributed by atoms with Gasteiger partial charge in [0, 0.05) is 11.6 Å². The fraction of sp³-hybridized carbons (Fsp3) is 0.0833. The molecule has 20 heavy (non-hydrogen) atoms. The van der Waals surface area contributed by atoms with Crippen molar-refractivity contribution in [1.82, 2.24) is 5.43 Å². The van der Waals surface area contributed by atoms with Crippen LogP contribution in [0.3, 0.4) is 0 Å². The predicted molar refractivity (Wildman–Crippen MR) is 73.4 cm³/mol. The van der Waals surface area contributed by atoms with Crippen LogP contribution in [0.4, 0.5) is 5.69 Å². The quantitative estimate of drug-likeness (QED) is 0.378. The summed E-state index contributed by atoms with van der Waals surface area (Å²) >= 11 is 1.22. The summed E-state index contributed by atoms with van der Waals surface area (Å²) in [4.78, 5) is 22.2. The summed E-state index contributed by atoms with van der Waals surface area (Å²) in [6.07, 6.45) is 0. The minimum atomic E-state index is -0.517. The average Bonchev–Trinajstić information content (AvgIpc) is 2.92. The second-order valence-electron chi connectivity index (χ2n) is 3.76. The molecule has 0 saturated heterocycles. The molecule has 0 aliphatic rings. The molecule has 7 nitrogen and oxygen atoms in total. The lowest BCUT2D eigenvalue weighted by Gasteiger charge is -2.07. The van der Waals surface area contributed by atoms with Crippen LogP contribution < -0.4 is 16.0 Å². The molecule has 1 aromatic carbocycles. The van der Waals surface area contributed by atoms with Crippen LogP contribution in [0, 0.1) is 10.1 Å². The lowest BCUT2D eigenvalue weighted by atomic mass is 10.2. The Kier molecular flexibility index (Phi) is 4.28. The molecule has 2 aromatic rings. The summed E-state index contributed by atoms with van der Waals surface area (Å²) in [7, 11) is 0. The van der Waals surface area contributed by atoms with E-state index in [2.05, 4.69) is 0 Å². The van der Waals surface area contributed by atoms with E-state index in [9.17, 15) is 14.9 Å². The van der Waals surface area contributed by atoms with Crippen molar-refractivity contribution in [2.24, 2.45) is 5.84 Å². The van der Waals surface area contributed by atoms with Crippen LogP contribution in [0.5, 0.6) is 5.75 Å². The Morgan fingerprint density at radius 1 is 1.40 bits per heavy atom. The highest BCUT2D eigenvalue weighted by molar-refractivity contribution is 7.12. The molecule has 0 spiro atoms. The van der Waals surface area contributed by atoms with E-state index >= 15 is 0 Å². The summed E-state index contributed by atoms with van der Waals surface area (Å²) in [5.41, 5.74) is 2.55. The first-order valence-corrected chi connectivity index (χ1v) is 6.45. The monoisotopic (exact) mass is 293 g/mol. The van der Waals surface area contributed by atoms with Gasteiger partial charge in [-0.2, -0.15) is 0 Å². The number of nitrogen functional groups attached to an aromatic ring is 1. The van der Waals surface area contributed by atoms with Gasteiger partial charge in [0.15, 0.2) is 5.75 Å². The van der Waals surface area contributed by atoms with Gasteiger partial charge in [0.1, 0.15) is 6.61 Å². The highest BCUT2D eigenvalue weighted by Gasteiger charge is 2.16. The van der Waals surface area contributed by atoms with Gasteiger partial charge in [-0.05, 0) is 17.5 Å². The van der Waals surface area contributed by atoms with Crippen LogP contribution in [0.1, 0.15) is 15.2 Å². The van der Waals surface area contributed by atoms with Gasteiger partial charge in [-0.15, -0.1) is 11.3 Å². The van der Waals surface area contributed by atoms with Gasteiger partial charge < -0.3 is 4.74 Å². The maximum atomic E-state index is 11.5. The van der Waals surface area contributed by atoms with Gasteiger partial charge in [0.2, 0.25) is 0 Å². The minimum Gasteiger partial charge on any atom is -0.482 e. The van der Waals surface area contributed by atoms with Crippen LogP contribution >= 0.6 is 11.3 Å². The molecule has 0 aliphatic carbocycles. The van der Waals surface area contributed by atoms with Crippen molar-refractivity contribution in [2.45, 2.75) is 6.61 Å². The van der Waals surface area contributed by atoms with Crippen molar-refractivity contribution in [3.63, 3.8) is 0 Å². The third-order valence-electron chi connectivity index (χ3n) is 2.53. The van der Waals surface area contributed by atoms with E-state index in [1.807, 2.05) is 5.43 Å². The first kappa shape index (κ1) is 14.0. The fourth-order valence-electron chi connectivity index (χ4n) is 1.60. The number of rotatable bonds is 5. The highest BCUT2D eigenvalue weighted by atomic mass is 32.1. The number of hydrazine groups is 1. The van der Waals surface area contributed by atoms with Crippen molar-refractivity contribution in [3.05, 3.63) is 56.3 Å². The van der Waals surface area contributed by atoms with Crippen molar-refractivity contribution in [2.75, 3.05) is 0 Å². The summed E-state index contributed by atoms with van der Waals surface area (Å²) in [5.74, 6) is 4.82. The van der Waals surface area contributed by atoms with Crippen molar-refractivity contribution < 1.29 is 14.5 Å². The molecular weight excluding hydrogens is 282 g/mol. The molecule has 1 heterocycles. The maximum absolute atomic E-state index is 11.5. The van der Waals surface area contributed by atoms with Gasteiger partial charge in [0.05, 0.1) is 9.80 Å². The number of nitrogens with two attached hydrogens (primary N) is 1. The Morgan fingerprint density at radius 3 is 2.85 bits per heavy atom. The zero-order valence-electron chi connectivity index (χ0n) is 10.2. The number of thiophene rings is 1. The van der Waals surface area contributed by atoms with E-state index in [-0.39, 0.29) is 18.0 Å². The third kappa shape index (κ3) is 2.92. The molecule has 0 radical (unpaired) electrons. The number of benzene rings is 1. The summed E-state index contributed by atoms with van der Waals surface area (Å²) in [5, 5.41) is 12.6. The van der Waals surface area contributed by atoms with E-state index in [1.54, 1.807) is 23.6 Å². The molecule has 1 amide bonds. The molecule has 0 bridgehead atoms. The molecule has 1 aromatic heterocycles. The van der Waals surface area contributed by atoms with E-state index in [0.29, 0.717) is 10.4 Å². The topological polar surface area (TPSA) is 107 Å². The van der Waals surface area contributed by atoms with Gasteiger partial charge >= 0.3 is 5.69 Å². The van der Waals surface area contributed by atoms with Gasteiger partial charge in [0.25, 0.3) is 5.91 Å². The van der Waals surface area contributed by atoms with Crippen LogP contribution in [0.2, 0.25) is 0 Å². The molecule has 0 unspecified atom stereocenters. The second-order valence-corrected chi connectivity index (χ2v) is 4.68.